The molecule has 1 amide bonds. The van der Waals surface area contributed by atoms with Gasteiger partial charge in [0.25, 0.3) is 5.69 Å². The molecule has 0 radical (unpaired) electrons. The minimum Gasteiger partial charge on any atom is -0.478 e. The van der Waals surface area contributed by atoms with Crippen molar-refractivity contribution in [1.82, 2.24) is 0 Å². The number of nitriles is 1. The molecule has 0 atom stereocenters. The maximum atomic E-state index is 12.3. The van der Waals surface area contributed by atoms with Gasteiger partial charge in [0, 0.05) is 12.5 Å². The van der Waals surface area contributed by atoms with Crippen molar-refractivity contribution >= 4 is 23.3 Å². The minimum absolute atomic E-state index is 0.0581. The number of carboxylic acid groups (broad SMARTS) is 1. The number of nitrogens with one attached hydrogen (secondary N) is 1. The second kappa shape index (κ2) is 9.99. The van der Waals surface area contributed by atoms with Crippen LogP contribution >= 0.6 is 0 Å². The molecule has 0 bridgehead atoms. The van der Waals surface area contributed by atoms with E-state index in [1.54, 1.807) is 19.1 Å². The van der Waals surface area contributed by atoms with Crippen molar-refractivity contribution in [3.8, 4) is 6.07 Å². The number of nitro groups is 1. The lowest BCUT2D eigenvalue weighted by molar-refractivity contribution is -0.384. The largest absolute Gasteiger partial charge is 0.478 e. The number of rotatable bonds is 9. The van der Waals surface area contributed by atoms with Crippen LogP contribution < -0.4 is 5.32 Å². The Morgan fingerprint density at radius 3 is 2.55 bits per heavy atom. The highest BCUT2D eigenvalue weighted by Crippen LogP contribution is 2.32. The number of nitrogens with zero attached hydrogens (tertiary/aromatic N) is 2. The number of amides is 1. The molecule has 0 aliphatic rings. The van der Waals surface area contributed by atoms with Crippen LogP contribution in [0.5, 0.6) is 0 Å². The van der Waals surface area contributed by atoms with E-state index in [-0.39, 0.29) is 35.3 Å². The number of carboxylic acids is 1. The predicted molar refractivity (Wildman–Crippen MR) is 107 cm³/mol. The van der Waals surface area contributed by atoms with Crippen molar-refractivity contribution < 1.29 is 19.6 Å². The number of aryl methyl sites for hydroxylation is 1. The molecule has 8 heteroatoms. The van der Waals surface area contributed by atoms with E-state index in [0.717, 1.165) is 11.6 Å². The lowest BCUT2D eigenvalue weighted by Crippen LogP contribution is -2.16. The summed E-state index contributed by atoms with van der Waals surface area (Å²) in [6, 6.07) is 11.7. The number of carbonyl (C=O) groups is 2. The molecule has 150 valence electrons. The molecule has 0 saturated heterocycles. The van der Waals surface area contributed by atoms with Crippen molar-refractivity contribution in [3.05, 3.63) is 68.8 Å². The Bertz CT molecular complexity index is 979. The molecule has 2 aromatic carbocycles. The maximum Gasteiger partial charge on any atom is 0.336 e. The van der Waals surface area contributed by atoms with Gasteiger partial charge in [-0.05, 0) is 48.9 Å². The Balaban J connectivity index is 2.06. The van der Waals surface area contributed by atoms with Gasteiger partial charge < -0.3 is 10.4 Å². The van der Waals surface area contributed by atoms with Gasteiger partial charge >= 0.3 is 5.97 Å². The van der Waals surface area contributed by atoms with E-state index >= 15 is 0 Å². The fourth-order valence-corrected chi connectivity index (χ4v) is 3.14. The van der Waals surface area contributed by atoms with E-state index in [2.05, 4.69) is 11.4 Å². The summed E-state index contributed by atoms with van der Waals surface area (Å²) in [7, 11) is 0. The minimum atomic E-state index is -1.21. The summed E-state index contributed by atoms with van der Waals surface area (Å²) < 4.78 is 0. The Kier molecular flexibility index (Phi) is 7.43. The van der Waals surface area contributed by atoms with Crippen LogP contribution in [0.2, 0.25) is 0 Å². The van der Waals surface area contributed by atoms with E-state index < -0.39 is 16.8 Å². The first kappa shape index (κ1) is 21.6. The predicted octanol–water partition coefficient (Wildman–Crippen LogP) is 4.08. The van der Waals surface area contributed by atoms with Crippen molar-refractivity contribution in [2.45, 2.75) is 39.0 Å². The smallest absolute Gasteiger partial charge is 0.336 e. The van der Waals surface area contributed by atoms with Crippen LogP contribution in [0.25, 0.3) is 0 Å². The number of benzene rings is 2. The molecule has 0 fully saturated rings. The molecule has 2 aromatic rings. The lowest BCUT2D eigenvalue weighted by Gasteiger charge is -2.13. The second-order valence-corrected chi connectivity index (χ2v) is 6.43. The van der Waals surface area contributed by atoms with Crippen molar-refractivity contribution in [1.29, 1.82) is 5.26 Å². The van der Waals surface area contributed by atoms with Crippen LogP contribution in [0, 0.1) is 21.4 Å². The zero-order valence-electron chi connectivity index (χ0n) is 16.0. The highest BCUT2D eigenvalue weighted by atomic mass is 16.6. The van der Waals surface area contributed by atoms with Crippen molar-refractivity contribution in [2.24, 2.45) is 0 Å². The van der Waals surface area contributed by atoms with Crippen molar-refractivity contribution in [2.75, 3.05) is 5.32 Å². The van der Waals surface area contributed by atoms with Crippen LogP contribution in [0.1, 0.15) is 53.2 Å². The molecule has 0 aliphatic heterocycles. The third-order valence-corrected chi connectivity index (χ3v) is 4.57. The maximum absolute atomic E-state index is 12.3. The molecular formula is C21H21N3O5. The summed E-state index contributed by atoms with van der Waals surface area (Å²) in [6.07, 6.45) is 2.20. The van der Waals surface area contributed by atoms with E-state index in [9.17, 15) is 24.8 Å². The zero-order valence-corrected chi connectivity index (χ0v) is 16.0. The van der Waals surface area contributed by atoms with Gasteiger partial charge in [0.1, 0.15) is 5.69 Å². The van der Waals surface area contributed by atoms with Gasteiger partial charge in [0.15, 0.2) is 0 Å². The van der Waals surface area contributed by atoms with Gasteiger partial charge in [-0.25, -0.2) is 4.79 Å². The normalized spacial score (nSPS) is 10.2. The molecule has 2 N–H and O–H groups in total. The molecule has 0 saturated carbocycles. The number of carbonyl (C=O) groups excluding carboxylic acids is 1. The monoisotopic (exact) mass is 395 g/mol. The topological polar surface area (TPSA) is 133 Å². The second-order valence-electron chi connectivity index (χ2n) is 6.43. The number of hydrogen-bond donors (Lipinski definition) is 2. The van der Waals surface area contributed by atoms with Crippen LogP contribution in [0.3, 0.4) is 0 Å². The van der Waals surface area contributed by atoms with E-state index in [1.165, 1.54) is 6.07 Å². The molecule has 0 unspecified atom stereocenters. The van der Waals surface area contributed by atoms with Crippen LogP contribution in [-0.4, -0.2) is 21.9 Å². The van der Waals surface area contributed by atoms with E-state index in [4.69, 9.17) is 5.26 Å². The fraction of sp³-hybridized carbons (Fsp3) is 0.286. The van der Waals surface area contributed by atoms with Gasteiger partial charge in [-0.3, -0.25) is 14.9 Å². The Labute approximate surface area is 167 Å². The third-order valence-electron chi connectivity index (χ3n) is 4.57. The number of nitro benzene ring substituents is 1. The first-order valence-electron chi connectivity index (χ1n) is 9.20. The van der Waals surface area contributed by atoms with Gasteiger partial charge in [0.2, 0.25) is 5.91 Å². The average molecular weight is 395 g/mol. The SMILES string of the molecule is CCc1c(C(=O)O)ccc([N+](=O)[O-])c1NC(=O)CCCCc1ccccc1C#N. The molecule has 2 rings (SSSR count). The van der Waals surface area contributed by atoms with Crippen LogP contribution in [-0.2, 0) is 17.6 Å². The highest BCUT2D eigenvalue weighted by molar-refractivity contribution is 5.98. The quantitative estimate of drug-likeness (QED) is 0.373. The standard InChI is InChI=1S/C21H21N3O5/c1-2-16-17(21(26)27)11-12-18(24(28)29)20(16)23-19(25)10-6-5-8-14-7-3-4-9-15(14)13-22/h3-4,7,9,11-12H,2,5-6,8,10H2,1H3,(H,23,25)(H,26,27). The highest BCUT2D eigenvalue weighted by Gasteiger charge is 2.24. The number of unbranched alkanes of at least 4 members (excludes halogenated alkanes) is 1. The van der Waals surface area contributed by atoms with Gasteiger partial charge in [-0.15, -0.1) is 0 Å². The third kappa shape index (κ3) is 5.39. The summed E-state index contributed by atoms with van der Waals surface area (Å²) in [6.45, 7) is 1.67. The molecule has 0 spiro atoms. The first-order chi connectivity index (χ1) is 13.9. The summed E-state index contributed by atoms with van der Waals surface area (Å²) in [5.41, 5.74) is 1.28. The molecule has 8 nitrogen and oxygen atoms in total. The summed E-state index contributed by atoms with van der Waals surface area (Å²) in [5, 5.41) is 32.2. The van der Waals surface area contributed by atoms with Gasteiger partial charge in [0.05, 0.1) is 22.1 Å². The molecule has 0 aromatic heterocycles. The Hall–Kier alpha value is -3.73. The number of aromatic carboxylic acids is 1. The summed E-state index contributed by atoms with van der Waals surface area (Å²) >= 11 is 0. The van der Waals surface area contributed by atoms with Crippen LogP contribution in [0.4, 0.5) is 11.4 Å². The molecule has 0 heterocycles. The Morgan fingerprint density at radius 1 is 1.21 bits per heavy atom. The molecular weight excluding hydrogens is 374 g/mol. The van der Waals surface area contributed by atoms with E-state index in [0.29, 0.717) is 24.8 Å². The van der Waals surface area contributed by atoms with E-state index in [1.807, 2.05) is 12.1 Å². The Morgan fingerprint density at radius 2 is 1.93 bits per heavy atom. The first-order valence-corrected chi connectivity index (χ1v) is 9.20. The summed E-state index contributed by atoms with van der Waals surface area (Å²) in [4.78, 5) is 34.4. The van der Waals surface area contributed by atoms with Crippen LogP contribution in [0.15, 0.2) is 36.4 Å². The number of anilines is 1. The zero-order chi connectivity index (χ0) is 21.4. The number of hydrogen-bond acceptors (Lipinski definition) is 5. The fourth-order valence-electron chi connectivity index (χ4n) is 3.14. The van der Waals surface area contributed by atoms with Crippen molar-refractivity contribution in [3.63, 3.8) is 0 Å². The summed E-state index contributed by atoms with van der Waals surface area (Å²) in [5.74, 6) is -1.62. The average Bonchev–Trinajstić information content (AvgIpc) is 2.70. The van der Waals surface area contributed by atoms with Gasteiger partial charge in [-0.1, -0.05) is 25.1 Å². The van der Waals surface area contributed by atoms with Gasteiger partial charge in [-0.2, -0.15) is 5.26 Å². The lowest BCUT2D eigenvalue weighted by atomic mass is 10.0. The molecule has 29 heavy (non-hydrogen) atoms. The molecule has 0 aliphatic carbocycles.